The third-order valence-electron chi connectivity index (χ3n) is 4.73. The molecule has 2 heterocycles. The van der Waals surface area contributed by atoms with Gasteiger partial charge in [-0.15, -0.1) is 0 Å². The zero-order valence-corrected chi connectivity index (χ0v) is 13.1. The molecular formula is C18H23N3O. The number of rotatable bonds is 4. The number of nitrogens with zero attached hydrogens (tertiary/aromatic N) is 3. The molecule has 116 valence electrons. The number of hydrogen-bond acceptors (Lipinski definition) is 3. The van der Waals surface area contributed by atoms with Crippen LogP contribution in [0.2, 0.25) is 0 Å². The van der Waals surface area contributed by atoms with Gasteiger partial charge in [-0.05, 0) is 37.9 Å². The van der Waals surface area contributed by atoms with Gasteiger partial charge in [0.1, 0.15) is 6.07 Å². The van der Waals surface area contributed by atoms with E-state index in [-0.39, 0.29) is 6.10 Å². The number of aliphatic hydroxyl groups excluding tert-OH is 1. The highest BCUT2D eigenvalue weighted by Gasteiger charge is 2.24. The Morgan fingerprint density at radius 1 is 1.36 bits per heavy atom. The van der Waals surface area contributed by atoms with Gasteiger partial charge < -0.3 is 14.4 Å². The molecule has 22 heavy (non-hydrogen) atoms. The molecule has 1 aliphatic carbocycles. The lowest BCUT2D eigenvalue weighted by molar-refractivity contribution is 0.0501. The molecule has 0 bridgehead atoms. The van der Waals surface area contributed by atoms with E-state index in [1.807, 2.05) is 35.0 Å². The Morgan fingerprint density at radius 2 is 2.18 bits per heavy atom. The topological polar surface area (TPSA) is 51.7 Å². The largest absolute Gasteiger partial charge is 0.393 e. The smallest absolute Gasteiger partial charge is 0.102 e. The van der Waals surface area contributed by atoms with Crippen molar-refractivity contribution in [3.05, 3.63) is 41.7 Å². The van der Waals surface area contributed by atoms with Gasteiger partial charge in [0, 0.05) is 31.0 Å². The van der Waals surface area contributed by atoms with Crippen LogP contribution < -0.4 is 0 Å². The molecule has 2 atom stereocenters. The first-order chi connectivity index (χ1) is 10.7. The van der Waals surface area contributed by atoms with Gasteiger partial charge in [0.2, 0.25) is 0 Å². The molecule has 3 rings (SSSR count). The Kier molecular flexibility index (Phi) is 4.47. The summed E-state index contributed by atoms with van der Waals surface area (Å²) in [4.78, 5) is 2.23. The first-order valence-corrected chi connectivity index (χ1v) is 8.04. The predicted octanol–water partition coefficient (Wildman–Crippen LogP) is 2.79. The van der Waals surface area contributed by atoms with E-state index in [0.717, 1.165) is 49.0 Å². The molecule has 2 unspecified atom stereocenters. The van der Waals surface area contributed by atoms with Crippen LogP contribution in [0.15, 0.2) is 30.6 Å². The van der Waals surface area contributed by atoms with Gasteiger partial charge in [-0.1, -0.05) is 18.9 Å². The molecule has 0 spiro atoms. The molecule has 2 aromatic rings. The number of nitriles is 1. The third-order valence-corrected chi connectivity index (χ3v) is 4.73. The zero-order chi connectivity index (χ0) is 15.5. The van der Waals surface area contributed by atoms with E-state index >= 15 is 0 Å². The second-order valence-corrected chi connectivity index (χ2v) is 6.44. The summed E-state index contributed by atoms with van der Waals surface area (Å²) in [6.45, 7) is 1.63. The SMILES string of the molecule is CN(Cc1cn2ccccc2c1C#N)CC1CCCCC1O. The summed E-state index contributed by atoms with van der Waals surface area (Å²) >= 11 is 0. The van der Waals surface area contributed by atoms with Gasteiger partial charge in [0.25, 0.3) is 0 Å². The monoisotopic (exact) mass is 297 g/mol. The predicted molar refractivity (Wildman–Crippen MR) is 86.4 cm³/mol. The highest BCUT2D eigenvalue weighted by molar-refractivity contribution is 5.65. The van der Waals surface area contributed by atoms with Crippen LogP contribution >= 0.6 is 0 Å². The van der Waals surface area contributed by atoms with Crippen molar-refractivity contribution in [2.45, 2.75) is 38.3 Å². The first-order valence-electron chi connectivity index (χ1n) is 8.04. The lowest BCUT2D eigenvalue weighted by Gasteiger charge is -2.31. The van der Waals surface area contributed by atoms with Crippen molar-refractivity contribution >= 4 is 5.52 Å². The van der Waals surface area contributed by atoms with E-state index in [1.165, 1.54) is 6.42 Å². The lowest BCUT2D eigenvalue weighted by atomic mass is 9.86. The van der Waals surface area contributed by atoms with Crippen LogP contribution in [-0.4, -0.2) is 34.1 Å². The van der Waals surface area contributed by atoms with Crippen LogP contribution in [-0.2, 0) is 6.54 Å². The molecule has 1 N–H and O–H groups in total. The average molecular weight is 297 g/mol. The van der Waals surface area contributed by atoms with E-state index in [4.69, 9.17) is 0 Å². The molecular weight excluding hydrogens is 274 g/mol. The highest BCUT2D eigenvalue weighted by atomic mass is 16.3. The molecule has 0 saturated heterocycles. The van der Waals surface area contributed by atoms with Gasteiger partial charge in [-0.3, -0.25) is 0 Å². The minimum absolute atomic E-state index is 0.167. The van der Waals surface area contributed by atoms with Gasteiger partial charge in [0.15, 0.2) is 0 Å². The summed E-state index contributed by atoms with van der Waals surface area (Å²) in [5, 5.41) is 19.6. The van der Waals surface area contributed by atoms with Crippen LogP contribution in [0.1, 0.15) is 36.8 Å². The van der Waals surface area contributed by atoms with E-state index in [0.29, 0.717) is 5.92 Å². The van der Waals surface area contributed by atoms with Crippen molar-refractivity contribution in [3.8, 4) is 6.07 Å². The maximum atomic E-state index is 10.1. The van der Waals surface area contributed by atoms with E-state index in [1.54, 1.807) is 0 Å². The molecule has 1 fully saturated rings. The second-order valence-electron chi connectivity index (χ2n) is 6.44. The van der Waals surface area contributed by atoms with Crippen LogP contribution in [0.4, 0.5) is 0 Å². The van der Waals surface area contributed by atoms with Gasteiger partial charge >= 0.3 is 0 Å². The minimum Gasteiger partial charge on any atom is -0.393 e. The van der Waals surface area contributed by atoms with Crippen molar-refractivity contribution < 1.29 is 5.11 Å². The van der Waals surface area contributed by atoms with Crippen molar-refractivity contribution in [3.63, 3.8) is 0 Å². The van der Waals surface area contributed by atoms with Crippen molar-refractivity contribution in [1.29, 1.82) is 5.26 Å². The van der Waals surface area contributed by atoms with Crippen molar-refractivity contribution in [2.75, 3.05) is 13.6 Å². The Hall–Kier alpha value is -1.83. The van der Waals surface area contributed by atoms with Crippen LogP contribution in [0, 0.1) is 17.2 Å². The summed E-state index contributed by atoms with van der Waals surface area (Å²) in [6, 6.07) is 8.25. The Labute approximate surface area is 131 Å². The Balaban J connectivity index is 1.74. The van der Waals surface area contributed by atoms with Crippen LogP contribution in [0.5, 0.6) is 0 Å². The standard InChI is InChI=1S/C18H23N3O/c1-20(11-14-6-2-3-8-18(14)22)12-15-13-21-9-5-4-7-17(21)16(15)10-19/h4-5,7,9,13-14,18,22H,2-3,6,8,11-12H2,1H3. The maximum absolute atomic E-state index is 10.1. The van der Waals surface area contributed by atoms with E-state index < -0.39 is 0 Å². The first kappa shape index (κ1) is 15.1. The van der Waals surface area contributed by atoms with Crippen molar-refractivity contribution in [2.24, 2.45) is 5.92 Å². The number of fused-ring (bicyclic) bond motifs is 1. The lowest BCUT2D eigenvalue weighted by Crippen LogP contribution is -2.34. The molecule has 0 amide bonds. The summed E-state index contributed by atoms with van der Waals surface area (Å²) in [7, 11) is 2.07. The fourth-order valence-electron chi connectivity index (χ4n) is 3.58. The highest BCUT2D eigenvalue weighted by Crippen LogP contribution is 2.26. The fraction of sp³-hybridized carbons (Fsp3) is 0.500. The van der Waals surface area contributed by atoms with Crippen molar-refractivity contribution in [1.82, 2.24) is 9.30 Å². The van der Waals surface area contributed by atoms with Gasteiger partial charge in [0.05, 0.1) is 17.2 Å². The summed E-state index contributed by atoms with van der Waals surface area (Å²) in [5.74, 6) is 0.362. The quantitative estimate of drug-likeness (QED) is 0.944. The molecule has 4 nitrogen and oxygen atoms in total. The third kappa shape index (κ3) is 3.01. The molecule has 4 heteroatoms. The van der Waals surface area contributed by atoms with Gasteiger partial charge in [-0.25, -0.2) is 0 Å². The van der Waals surface area contributed by atoms with E-state index in [2.05, 4.69) is 18.0 Å². The second kappa shape index (κ2) is 6.51. The fourth-order valence-corrected chi connectivity index (χ4v) is 3.58. The maximum Gasteiger partial charge on any atom is 0.102 e. The number of pyridine rings is 1. The molecule has 0 radical (unpaired) electrons. The number of aromatic nitrogens is 1. The normalized spacial score (nSPS) is 22.1. The summed E-state index contributed by atoms with van der Waals surface area (Å²) < 4.78 is 2.01. The number of aliphatic hydroxyl groups is 1. The molecule has 2 aromatic heterocycles. The molecule has 0 aliphatic heterocycles. The molecule has 1 aliphatic rings. The Morgan fingerprint density at radius 3 is 2.95 bits per heavy atom. The Bertz CT molecular complexity index is 685. The van der Waals surface area contributed by atoms with Crippen LogP contribution in [0.3, 0.4) is 0 Å². The summed E-state index contributed by atoms with van der Waals surface area (Å²) in [5.41, 5.74) is 2.78. The summed E-state index contributed by atoms with van der Waals surface area (Å²) in [6.07, 6.45) is 8.25. The number of hydrogen-bond donors (Lipinski definition) is 1. The molecule has 0 aromatic carbocycles. The van der Waals surface area contributed by atoms with Gasteiger partial charge in [-0.2, -0.15) is 5.26 Å². The van der Waals surface area contributed by atoms with Crippen LogP contribution in [0.25, 0.3) is 5.52 Å². The average Bonchev–Trinajstić information content (AvgIpc) is 2.86. The van der Waals surface area contributed by atoms with E-state index in [9.17, 15) is 10.4 Å². The minimum atomic E-state index is -0.167. The zero-order valence-electron chi connectivity index (χ0n) is 13.1. The molecule has 1 saturated carbocycles.